The maximum atomic E-state index is 11.4. The number of hydrogen-bond donors (Lipinski definition) is 0. The fourth-order valence-electron chi connectivity index (χ4n) is 2.02. The first-order valence-electron chi connectivity index (χ1n) is 5.98. The van der Waals surface area contributed by atoms with Crippen LogP contribution in [0.3, 0.4) is 0 Å². The van der Waals surface area contributed by atoms with Crippen LogP contribution in [0.1, 0.15) is 22.8 Å². The van der Waals surface area contributed by atoms with Gasteiger partial charge in [0, 0.05) is 11.1 Å². The summed E-state index contributed by atoms with van der Waals surface area (Å²) in [5, 5.41) is 0.466. The second kappa shape index (κ2) is 5.45. The Morgan fingerprint density at radius 1 is 1.16 bits per heavy atom. The van der Waals surface area contributed by atoms with E-state index in [2.05, 4.69) is 0 Å². The summed E-state index contributed by atoms with van der Waals surface area (Å²) in [5.41, 5.74) is 3.59. The molecule has 0 heterocycles. The summed E-state index contributed by atoms with van der Waals surface area (Å²) in [5.74, 6) is 0.755. The molecule has 0 saturated carbocycles. The van der Waals surface area contributed by atoms with Gasteiger partial charge >= 0.3 is 0 Å². The summed E-state index contributed by atoms with van der Waals surface area (Å²) in [6, 6.07) is 11.4. The van der Waals surface area contributed by atoms with E-state index in [0.29, 0.717) is 10.6 Å². The van der Waals surface area contributed by atoms with Crippen molar-refractivity contribution in [2.45, 2.75) is 13.8 Å². The zero-order valence-electron chi connectivity index (χ0n) is 11.2. The summed E-state index contributed by atoms with van der Waals surface area (Å²) >= 11 is 6.15. The molecule has 3 heteroatoms. The number of carbonyl (C=O) groups is 1. The second-order valence-electron chi connectivity index (χ2n) is 4.45. The van der Waals surface area contributed by atoms with Gasteiger partial charge < -0.3 is 4.74 Å². The Morgan fingerprint density at radius 3 is 2.47 bits per heavy atom. The van der Waals surface area contributed by atoms with Gasteiger partial charge in [-0.1, -0.05) is 29.3 Å². The SMILES string of the molecule is COc1ccc(C)cc1-c1ccc(C(C)=O)c(Cl)c1. The number of rotatable bonds is 3. The first kappa shape index (κ1) is 13.6. The Bertz CT molecular complexity index is 633. The molecule has 0 aliphatic carbocycles. The first-order valence-corrected chi connectivity index (χ1v) is 6.36. The Balaban J connectivity index is 2.56. The molecular formula is C16H15ClO2. The van der Waals surface area contributed by atoms with Crippen LogP contribution in [0.15, 0.2) is 36.4 Å². The fraction of sp³-hybridized carbons (Fsp3) is 0.188. The predicted octanol–water partition coefficient (Wildman–Crippen LogP) is 4.53. The summed E-state index contributed by atoms with van der Waals surface area (Å²) in [6.07, 6.45) is 0. The van der Waals surface area contributed by atoms with Crippen molar-refractivity contribution in [2.75, 3.05) is 7.11 Å². The zero-order chi connectivity index (χ0) is 14.0. The number of hydrogen-bond acceptors (Lipinski definition) is 2. The van der Waals surface area contributed by atoms with Crippen molar-refractivity contribution in [1.29, 1.82) is 0 Å². The smallest absolute Gasteiger partial charge is 0.161 e. The highest BCUT2D eigenvalue weighted by molar-refractivity contribution is 6.34. The topological polar surface area (TPSA) is 26.3 Å². The van der Waals surface area contributed by atoms with Gasteiger partial charge in [0.15, 0.2) is 5.78 Å². The van der Waals surface area contributed by atoms with E-state index in [0.717, 1.165) is 22.4 Å². The van der Waals surface area contributed by atoms with Crippen LogP contribution in [0.25, 0.3) is 11.1 Å². The number of methoxy groups -OCH3 is 1. The Hall–Kier alpha value is -1.80. The minimum Gasteiger partial charge on any atom is -0.496 e. The summed E-state index contributed by atoms with van der Waals surface area (Å²) in [4.78, 5) is 11.4. The largest absolute Gasteiger partial charge is 0.496 e. The molecule has 2 nitrogen and oxygen atoms in total. The lowest BCUT2D eigenvalue weighted by Crippen LogP contribution is -1.94. The van der Waals surface area contributed by atoms with Crippen molar-refractivity contribution >= 4 is 17.4 Å². The van der Waals surface area contributed by atoms with E-state index in [1.807, 2.05) is 31.2 Å². The molecule has 2 aromatic rings. The molecular weight excluding hydrogens is 260 g/mol. The molecule has 0 aliphatic rings. The van der Waals surface area contributed by atoms with E-state index in [-0.39, 0.29) is 5.78 Å². The van der Waals surface area contributed by atoms with Gasteiger partial charge in [-0.3, -0.25) is 4.79 Å². The molecule has 0 aliphatic heterocycles. The van der Waals surface area contributed by atoms with Crippen molar-refractivity contribution < 1.29 is 9.53 Å². The zero-order valence-corrected chi connectivity index (χ0v) is 11.9. The van der Waals surface area contributed by atoms with Crippen molar-refractivity contribution in [1.82, 2.24) is 0 Å². The number of halogens is 1. The van der Waals surface area contributed by atoms with E-state index in [9.17, 15) is 4.79 Å². The summed E-state index contributed by atoms with van der Waals surface area (Å²) < 4.78 is 5.36. The lowest BCUT2D eigenvalue weighted by atomic mass is 10.00. The van der Waals surface area contributed by atoms with Gasteiger partial charge in [-0.05, 0) is 43.7 Å². The van der Waals surface area contributed by atoms with Crippen LogP contribution in [-0.4, -0.2) is 12.9 Å². The van der Waals surface area contributed by atoms with Crippen LogP contribution in [0.4, 0.5) is 0 Å². The van der Waals surface area contributed by atoms with Gasteiger partial charge in [-0.15, -0.1) is 0 Å². The molecule has 0 atom stereocenters. The maximum Gasteiger partial charge on any atom is 0.161 e. The molecule has 0 saturated heterocycles. The van der Waals surface area contributed by atoms with Gasteiger partial charge in [0.1, 0.15) is 5.75 Å². The number of aryl methyl sites for hydroxylation is 1. The molecule has 2 rings (SSSR count). The third-order valence-electron chi connectivity index (χ3n) is 3.01. The van der Waals surface area contributed by atoms with Gasteiger partial charge in [-0.2, -0.15) is 0 Å². The fourth-order valence-corrected chi connectivity index (χ4v) is 2.33. The van der Waals surface area contributed by atoms with E-state index in [4.69, 9.17) is 16.3 Å². The van der Waals surface area contributed by atoms with E-state index < -0.39 is 0 Å². The predicted molar refractivity (Wildman–Crippen MR) is 78.2 cm³/mol. The molecule has 19 heavy (non-hydrogen) atoms. The van der Waals surface area contributed by atoms with Crippen LogP contribution in [0.5, 0.6) is 5.75 Å². The molecule has 2 aromatic carbocycles. The Morgan fingerprint density at radius 2 is 1.89 bits per heavy atom. The highest BCUT2D eigenvalue weighted by atomic mass is 35.5. The van der Waals surface area contributed by atoms with Crippen LogP contribution >= 0.6 is 11.6 Å². The second-order valence-corrected chi connectivity index (χ2v) is 4.86. The minimum atomic E-state index is -0.0345. The number of Topliss-reactive ketones (excluding diaryl/α,β-unsaturated/α-hetero) is 1. The number of carbonyl (C=O) groups excluding carboxylic acids is 1. The maximum absolute atomic E-state index is 11.4. The number of ether oxygens (including phenoxy) is 1. The molecule has 0 radical (unpaired) electrons. The molecule has 0 amide bonds. The lowest BCUT2D eigenvalue weighted by molar-refractivity contribution is 0.101. The Kier molecular flexibility index (Phi) is 3.91. The quantitative estimate of drug-likeness (QED) is 0.769. The van der Waals surface area contributed by atoms with Crippen molar-refractivity contribution in [2.24, 2.45) is 0 Å². The summed E-state index contributed by atoms with van der Waals surface area (Å²) in [6.45, 7) is 3.53. The van der Waals surface area contributed by atoms with E-state index in [1.54, 1.807) is 19.2 Å². The molecule has 0 unspecified atom stereocenters. The average molecular weight is 275 g/mol. The van der Waals surface area contributed by atoms with Gasteiger partial charge in [-0.25, -0.2) is 0 Å². The molecule has 0 bridgehead atoms. The number of benzene rings is 2. The third-order valence-corrected chi connectivity index (χ3v) is 3.33. The molecule has 0 N–H and O–H groups in total. The van der Waals surface area contributed by atoms with E-state index >= 15 is 0 Å². The third kappa shape index (κ3) is 2.79. The van der Waals surface area contributed by atoms with Crippen molar-refractivity contribution in [3.8, 4) is 16.9 Å². The number of ketones is 1. The Labute approximate surface area is 118 Å². The minimum absolute atomic E-state index is 0.0345. The summed E-state index contributed by atoms with van der Waals surface area (Å²) in [7, 11) is 1.64. The van der Waals surface area contributed by atoms with Crippen LogP contribution in [0.2, 0.25) is 5.02 Å². The normalized spacial score (nSPS) is 10.3. The molecule has 0 spiro atoms. The van der Waals surface area contributed by atoms with Crippen molar-refractivity contribution in [3.63, 3.8) is 0 Å². The van der Waals surface area contributed by atoms with Gasteiger partial charge in [0.25, 0.3) is 0 Å². The molecule has 0 fully saturated rings. The van der Waals surface area contributed by atoms with Crippen LogP contribution in [0, 0.1) is 6.92 Å². The van der Waals surface area contributed by atoms with Crippen molar-refractivity contribution in [3.05, 3.63) is 52.5 Å². The standard InChI is InChI=1S/C16H15ClO2/c1-10-4-7-16(19-3)14(8-10)12-5-6-13(11(2)18)15(17)9-12/h4-9H,1-3H3. The average Bonchev–Trinajstić information content (AvgIpc) is 2.38. The van der Waals surface area contributed by atoms with Gasteiger partial charge in [0.2, 0.25) is 0 Å². The monoisotopic (exact) mass is 274 g/mol. The van der Waals surface area contributed by atoms with Gasteiger partial charge in [0.05, 0.1) is 12.1 Å². The van der Waals surface area contributed by atoms with Crippen LogP contribution < -0.4 is 4.74 Å². The molecule has 0 aromatic heterocycles. The highest BCUT2D eigenvalue weighted by Crippen LogP contribution is 2.33. The molecule has 98 valence electrons. The lowest BCUT2D eigenvalue weighted by Gasteiger charge is -2.11. The van der Waals surface area contributed by atoms with E-state index in [1.165, 1.54) is 6.92 Å². The highest BCUT2D eigenvalue weighted by Gasteiger charge is 2.10. The first-order chi connectivity index (χ1) is 9.02. The van der Waals surface area contributed by atoms with Crippen LogP contribution in [-0.2, 0) is 0 Å².